The lowest BCUT2D eigenvalue weighted by molar-refractivity contribution is -0.143. The van der Waals surface area contributed by atoms with Crippen LogP contribution in [0.5, 0.6) is 5.75 Å². The molecule has 4 rings (SSSR count). The number of ether oxygens (including phenoxy) is 1. The molecule has 1 saturated carbocycles. The number of aryl methyl sites for hydroxylation is 2. The fourth-order valence-corrected chi connectivity index (χ4v) is 5.16. The maximum atomic E-state index is 13.8. The summed E-state index contributed by atoms with van der Waals surface area (Å²) in [6, 6.07) is 23.2. The number of nitrogens with zero attached hydrogens (tertiary/aromatic N) is 1. The molecule has 2 amide bonds. The largest absolute Gasteiger partial charge is 0.483 e. The quantitative estimate of drug-likeness (QED) is 0.322. The fourth-order valence-electron chi connectivity index (χ4n) is 4.89. The summed E-state index contributed by atoms with van der Waals surface area (Å²) >= 11 is 3.48. The van der Waals surface area contributed by atoms with Crippen molar-refractivity contribution >= 4 is 27.7 Å². The standard InChI is InChI=1S/C31H35BrN2O3/c1-22-12-17-29(23(2)18-22)37-21-30(35)34(20-25-13-15-26(32)16-14-25)28(19-24-8-4-3-5-9-24)31(36)33-27-10-6-7-11-27/h3-5,8-9,12-18,27-28H,6-7,10-11,19-21H2,1-2H3,(H,33,36)/t28-/m1/s1. The number of halogens is 1. The predicted molar refractivity (Wildman–Crippen MR) is 150 cm³/mol. The lowest BCUT2D eigenvalue weighted by atomic mass is 10.0. The van der Waals surface area contributed by atoms with Crippen molar-refractivity contribution in [2.45, 2.75) is 64.6 Å². The van der Waals surface area contributed by atoms with Gasteiger partial charge in [0.15, 0.2) is 6.61 Å². The molecule has 1 fully saturated rings. The molecule has 0 radical (unpaired) electrons. The van der Waals surface area contributed by atoms with E-state index in [9.17, 15) is 9.59 Å². The topological polar surface area (TPSA) is 58.6 Å². The van der Waals surface area contributed by atoms with E-state index in [0.717, 1.165) is 52.4 Å². The molecule has 0 saturated heterocycles. The van der Waals surface area contributed by atoms with Gasteiger partial charge in [-0.05, 0) is 61.6 Å². The Morgan fingerprint density at radius 2 is 1.68 bits per heavy atom. The number of carbonyl (C=O) groups is 2. The van der Waals surface area contributed by atoms with Gasteiger partial charge in [0.25, 0.3) is 5.91 Å². The molecular formula is C31H35BrN2O3. The van der Waals surface area contributed by atoms with Crippen LogP contribution in [0.4, 0.5) is 0 Å². The first-order valence-corrected chi connectivity index (χ1v) is 13.8. The summed E-state index contributed by atoms with van der Waals surface area (Å²) in [5, 5.41) is 3.24. The van der Waals surface area contributed by atoms with Gasteiger partial charge in [0, 0.05) is 23.5 Å². The summed E-state index contributed by atoms with van der Waals surface area (Å²) in [6.07, 6.45) is 4.66. The lowest BCUT2D eigenvalue weighted by Gasteiger charge is -2.32. The molecule has 3 aromatic rings. The van der Waals surface area contributed by atoms with Gasteiger partial charge in [-0.15, -0.1) is 0 Å². The predicted octanol–water partition coefficient (Wildman–Crippen LogP) is 6.14. The van der Waals surface area contributed by atoms with Crippen molar-refractivity contribution in [2.24, 2.45) is 0 Å². The summed E-state index contributed by atoms with van der Waals surface area (Å²) < 4.78 is 6.94. The number of amides is 2. The molecule has 194 valence electrons. The Morgan fingerprint density at radius 3 is 2.35 bits per heavy atom. The highest BCUT2D eigenvalue weighted by Gasteiger charge is 2.32. The monoisotopic (exact) mass is 562 g/mol. The van der Waals surface area contributed by atoms with Gasteiger partial charge in [0.2, 0.25) is 5.91 Å². The van der Waals surface area contributed by atoms with Crippen molar-refractivity contribution in [3.8, 4) is 5.75 Å². The third kappa shape index (κ3) is 7.68. The highest BCUT2D eigenvalue weighted by Crippen LogP contribution is 2.22. The Labute approximate surface area is 228 Å². The second-order valence-electron chi connectivity index (χ2n) is 9.90. The first kappa shape index (κ1) is 26.9. The van der Waals surface area contributed by atoms with E-state index >= 15 is 0 Å². The number of hydrogen-bond acceptors (Lipinski definition) is 3. The number of carbonyl (C=O) groups excluding carboxylic acids is 2. The van der Waals surface area contributed by atoms with E-state index in [4.69, 9.17) is 4.74 Å². The number of nitrogens with one attached hydrogen (secondary N) is 1. The van der Waals surface area contributed by atoms with Crippen LogP contribution in [0, 0.1) is 13.8 Å². The Bertz CT molecular complexity index is 1190. The zero-order valence-electron chi connectivity index (χ0n) is 21.6. The maximum Gasteiger partial charge on any atom is 0.261 e. The molecule has 0 aromatic heterocycles. The number of rotatable bonds is 10. The Kier molecular flexibility index (Phi) is 9.40. The summed E-state index contributed by atoms with van der Waals surface area (Å²) in [7, 11) is 0. The van der Waals surface area contributed by atoms with E-state index in [1.807, 2.05) is 86.6 Å². The van der Waals surface area contributed by atoms with Crippen LogP contribution in [-0.4, -0.2) is 35.4 Å². The molecule has 5 nitrogen and oxygen atoms in total. The van der Waals surface area contributed by atoms with E-state index in [1.165, 1.54) is 0 Å². The van der Waals surface area contributed by atoms with Crippen LogP contribution in [0.25, 0.3) is 0 Å². The molecule has 1 atom stereocenters. The zero-order valence-corrected chi connectivity index (χ0v) is 23.2. The molecule has 0 unspecified atom stereocenters. The first-order valence-electron chi connectivity index (χ1n) is 13.0. The Hall–Kier alpha value is -3.12. The molecule has 1 aliphatic carbocycles. The summed E-state index contributed by atoms with van der Waals surface area (Å²) in [5.74, 6) is 0.357. The maximum absolute atomic E-state index is 13.8. The van der Waals surface area contributed by atoms with Gasteiger partial charge in [-0.3, -0.25) is 9.59 Å². The van der Waals surface area contributed by atoms with Crippen LogP contribution in [0.2, 0.25) is 0 Å². The highest BCUT2D eigenvalue weighted by atomic mass is 79.9. The van der Waals surface area contributed by atoms with Gasteiger partial charge >= 0.3 is 0 Å². The fraction of sp³-hybridized carbons (Fsp3) is 0.355. The van der Waals surface area contributed by atoms with E-state index in [-0.39, 0.29) is 24.5 Å². The summed E-state index contributed by atoms with van der Waals surface area (Å²) in [5.41, 5.74) is 4.08. The molecule has 0 spiro atoms. The second-order valence-corrected chi connectivity index (χ2v) is 10.8. The van der Waals surface area contributed by atoms with Crippen molar-refractivity contribution in [3.05, 3.63) is 99.5 Å². The zero-order chi connectivity index (χ0) is 26.2. The van der Waals surface area contributed by atoms with Crippen LogP contribution in [0.1, 0.15) is 47.9 Å². The minimum atomic E-state index is -0.651. The molecule has 37 heavy (non-hydrogen) atoms. The minimum absolute atomic E-state index is 0.104. The lowest BCUT2D eigenvalue weighted by Crippen LogP contribution is -2.53. The van der Waals surface area contributed by atoms with Gasteiger partial charge in [-0.2, -0.15) is 0 Å². The van der Waals surface area contributed by atoms with Gasteiger partial charge in [0.05, 0.1) is 0 Å². The molecule has 3 aromatic carbocycles. The number of hydrogen-bond donors (Lipinski definition) is 1. The van der Waals surface area contributed by atoms with Crippen LogP contribution >= 0.6 is 15.9 Å². The van der Waals surface area contributed by atoms with E-state index in [2.05, 4.69) is 21.2 Å². The van der Waals surface area contributed by atoms with Gasteiger partial charge < -0.3 is 15.0 Å². The van der Waals surface area contributed by atoms with Crippen LogP contribution in [0.15, 0.2) is 77.3 Å². The van der Waals surface area contributed by atoms with Crippen LogP contribution in [-0.2, 0) is 22.6 Å². The van der Waals surface area contributed by atoms with Crippen LogP contribution in [0.3, 0.4) is 0 Å². The van der Waals surface area contributed by atoms with Crippen molar-refractivity contribution in [1.82, 2.24) is 10.2 Å². The minimum Gasteiger partial charge on any atom is -0.483 e. The third-order valence-electron chi connectivity index (χ3n) is 6.92. The van der Waals surface area contributed by atoms with E-state index in [0.29, 0.717) is 18.7 Å². The third-order valence-corrected chi connectivity index (χ3v) is 7.45. The highest BCUT2D eigenvalue weighted by molar-refractivity contribution is 9.10. The van der Waals surface area contributed by atoms with Crippen molar-refractivity contribution < 1.29 is 14.3 Å². The van der Waals surface area contributed by atoms with Crippen molar-refractivity contribution in [2.75, 3.05) is 6.61 Å². The summed E-state index contributed by atoms with van der Waals surface area (Å²) in [4.78, 5) is 29.1. The molecular weight excluding hydrogens is 528 g/mol. The average Bonchev–Trinajstić information content (AvgIpc) is 3.40. The smallest absolute Gasteiger partial charge is 0.261 e. The molecule has 1 aliphatic rings. The van der Waals surface area contributed by atoms with E-state index in [1.54, 1.807) is 4.90 Å². The molecule has 0 aliphatic heterocycles. The van der Waals surface area contributed by atoms with Crippen molar-refractivity contribution in [1.29, 1.82) is 0 Å². The average molecular weight is 564 g/mol. The van der Waals surface area contributed by atoms with Crippen molar-refractivity contribution in [3.63, 3.8) is 0 Å². The normalized spacial score (nSPS) is 14.2. The van der Waals surface area contributed by atoms with Gasteiger partial charge in [0.1, 0.15) is 11.8 Å². The second kappa shape index (κ2) is 12.9. The van der Waals surface area contributed by atoms with Gasteiger partial charge in [-0.25, -0.2) is 0 Å². The molecule has 0 bridgehead atoms. The molecule has 6 heteroatoms. The SMILES string of the molecule is Cc1ccc(OCC(=O)N(Cc2ccc(Br)cc2)[C@H](Cc2ccccc2)C(=O)NC2CCCC2)c(C)c1. The van der Waals surface area contributed by atoms with E-state index < -0.39 is 6.04 Å². The molecule has 0 heterocycles. The first-order chi connectivity index (χ1) is 17.9. The van der Waals surface area contributed by atoms with Gasteiger partial charge in [-0.1, -0.05) is 88.9 Å². The Balaban J connectivity index is 1.61. The molecule has 1 N–H and O–H groups in total. The summed E-state index contributed by atoms with van der Waals surface area (Å²) in [6.45, 7) is 4.18. The van der Waals surface area contributed by atoms with Crippen LogP contribution < -0.4 is 10.1 Å². The number of benzene rings is 3. The Morgan fingerprint density at radius 1 is 0.973 bits per heavy atom.